The lowest BCUT2D eigenvalue weighted by atomic mass is 9.78. The van der Waals surface area contributed by atoms with Crippen molar-refractivity contribution in [3.63, 3.8) is 0 Å². The van der Waals surface area contributed by atoms with E-state index in [2.05, 4.69) is 26.1 Å². The number of amides is 1. The van der Waals surface area contributed by atoms with Gasteiger partial charge < -0.3 is 20.0 Å². The van der Waals surface area contributed by atoms with Crippen molar-refractivity contribution in [1.29, 1.82) is 0 Å². The van der Waals surface area contributed by atoms with Gasteiger partial charge in [-0.3, -0.25) is 14.4 Å². The Labute approximate surface area is 131 Å². The Bertz CT molecular complexity index is 470. The SMILES string of the molecule is C[C@@H](O[Si](C)(C)C(C)(C)C)[C@H]1C(=O)N[C@@H]1C(C(=O)O)C(=O)O. The predicted octanol–water partition coefficient (Wildman–Crippen LogP) is 1.30. The van der Waals surface area contributed by atoms with Gasteiger partial charge in [0.1, 0.15) is 0 Å². The normalized spacial score (nSPS) is 23.7. The topological polar surface area (TPSA) is 113 Å². The van der Waals surface area contributed by atoms with Crippen molar-refractivity contribution < 1.29 is 29.0 Å². The molecule has 0 aromatic heterocycles. The highest BCUT2D eigenvalue weighted by Crippen LogP contribution is 2.39. The Hall–Kier alpha value is -1.41. The van der Waals surface area contributed by atoms with E-state index in [1.807, 2.05) is 13.1 Å². The summed E-state index contributed by atoms with van der Waals surface area (Å²) in [5.41, 5.74) is 0. The van der Waals surface area contributed by atoms with E-state index in [0.717, 1.165) is 0 Å². The summed E-state index contributed by atoms with van der Waals surface area (Å²) in [7, 11) is -2.14. The molecule has 0 saturated carbocycles. The van der Waals surface area contributed by atoms with Crippen LogP contribution in [0.25, 0.3) is 0 Å². The van der Waals surface area contributed by atoms with Crippen molar-refractivity contribution in [3.05, 3.63) is 0 Å². The van der Waals surface area contributed by atoms with E-state index >= 15 is 0 Å². The van der Waals surface area contributed by atoms with Gasteiger partial charge in [0.05, 0.1) is 18.1 Å². The number of rotatable bonds is 6. The van der Waals surface area contributed by atoms with Crippen molar-refractivity contribution in [1.82, 2.24) is 5.32 Å². The molecular formula is C14H25NO6Si. The maximum atomic E-state index is 11.8. The van der Waals surface area contributed by atoms with E-state index < -0.39 is 44.2 Å². The van der Waals surface area contributed by atoms with E-state index in [-0.39, 0.29) is 10.9 Å². The van der Waals surface area contributed by atoms with Crippen LogP contribution >= 0.6 is 0 Å². The summed E-state index contributed by atoms with van der Waals surface area (Å²) in [6.45, 7) is 11.9. The van der Waals surface area contributed by atoms with Crippen LogP contribution in [-0.4, -0.2) is 48.5 Å². The van der Waals surface area contributed by atoms with E-state index in [4.69, 9.17) is 14.6 Å². The molecule has 3 atom stereocenters. The molecule has 0 aliphatic carbocycles. The molecule has 0 spiro atoms. The quantitative estimate of drug-likeness (QED) is 0.384. The number of hydrogen-bond donors (Lipinski definition) is 3. The number of β-lactam (4-membered cyclic amide) rings is 1. The van der Waals surface area contributed by atoms with Crippen molar-refractivity contribution in [3.8, 4) is 0 Å². The fourth-order valence-corrected chi connectivity index (χ4v) is 3.77. The molecule has 1 fully saturated rings. The lowest BCUT2D eigenvalue weighted by molar-refractivity contribution is -0.162. The van der Waals surface area contributed by atoms with Gasteiger partial charge in [-0.15, -0.1) is 0 Å². The van der Waals surface area contributed by atoms with Crippen LogP contribution in [0.15, 0.2) is 0 Å². The first-order valence-corrected chi connectivity index (χ1v) is 10.1. The molecule has 1 aliphatic heterocycles. The van der Waals surface area contributed by atoms with Crippen LogP contribution in [0.1, 0.15) is 27.7 Å². The molecule has 1 heterocycles. The Morgan fingerprint density at radius 1 is 1.23 bits per heavy atom. The largest absolute Gasteiger partial charge is 0.481 e. The number of carboxylic acid groups (broad SMARTS) is 2. The fraction of sp³-hybridized carbons (Fsp3) is 0.786. The highest BCUT2D eigenvalue weighted by atomic mass is 28.4. The Morgan fingerprint density at radius 2 is 1.68 bits per heavy atom. The number of nitrogens with one attached hydrogen (secondary N) is 1. The summed E-state index contributed by atoms with van der Waals surface area (Å²) in [5.74, 6) is -5.69. The van der Waals surface area contributed by atoms with Crippen LogP contribution in [0.4, 0.5) is 0 Å². The first-order chi connectivity index (χ1) is 9.79. The van der Waals surface area contributed by atoms with Gasteiger partial charge in [-0.05, 0) is 25.1 Å². The summed E-state index contributed by atoms with van der Waals surface area (Å²) in [5, 5.41) is 20.5. The van der Waals surface area contributed by atoms with Gasteiger partial charge >= 0.3 is 11.9 Å². The minimum absolute atomic E-state index is 0.0595. The van der Waals surface area contributed by atoms with Crippen LogP contribution in [0.2, 0.25) is 18.1 Å². The molecule has 0 bridgehead atoms. The van der Waals surface area contributed by atoms with Crippen LogP contribution in [0.5, 0.6) is 0 Å². The van der Waals surface area contributed by atoms with Crippen molar-refractivity contribution >= 4 is 26.2 Å². The first kappa shape index (κ1) is 18.6. The van der Waals surface area contributed by atoms with Crippen LogP contribution in [-0.2, 0) is 18.8 Å². The molecule has 1 aliphatic rings. The highest BCUT2D eigenvalue weighted by molar-refractivity contribution is 6.74. The van der Waals surface area contributed by atoms with Gasteiger partial charge in [-0.2, -0.15) is 0 Å². The average molecular weight is 331 g/mol. The lowest BCUT2D eigenvalue weighted by Gasteiger charge is -2.46. The number of carbonyl (C=O) groups excluding carboxylic acids is 1. The third-order valence-electron chi connectivity index (χ3n) is 4.68. The molecule has 1 amide bonds. The molecule has 1 rings (SSSR count). The number of carboxylic acids is 2. The first-order valence-electron chi connectivity index (χ1n) is 7.23. The summed E-state index contributed by atoms with van der Waals surface area (Å²) in [6.07, 6.45) is -0.527. The molecule has 1 saturated heterocycles. The molecule has 0 unspecified atom stereocenters. The van der Waals surface area contributed by atoms with E-state index in [1.165, 1.54) is 0 Å². The molecule has 0 radical (unpaired) electrons. The smallest absolute Gasteiger partial charge is 0.320 e. The highest BCUT2D eigenvalue weighted by Gasteiger charge is 2.54. The Morgan fingerprint density at radius 3 is 2.00 bits per heavy atom. The summed E-state index contributed by atoms with van der Waals surface area (Å²) < 4.78 is 6.11. The number of hydrogen-bond acceptors (Lipinski definition) is 4. The number of carbonyl (C=O) groups is 3. The van der Waals surface area contributed by atoms with Crippen LogP contribution in [0, 0.1) is 11.8 Å². The standard InChI is InChI=1S/C14H25NO6Si/c1-7(21-22(5,6)14(2,3)4)8-10(15-11(8)16)9(12(17)18)13(19)20/h7-10H,1-6H3,(H,15,16)(H,17,18)(H,19,20)/t7-,8-,10+/m1/s1. The van der Waals surface area contributed by atoms with E-state index in [9.17, 15) is 14.4 Å². The fourth-order valence-electron chi connectivity index (χ4n) is 2.34. The van der Waals surface area contributed by atoms with Gasteiger partial charge in [0, 0.05) is 0 Å². The lowest BCUT2D eigenvalue weighted by Crippen LogP contribution is -2.68. The van der Waals surface area contributed by atoms with E-state index in [0.29, 0.717) is 0 Å². The zero-order valence-corrected chi connectivity index (χ0v) is 14.8. The van der Waals surface area contributed by atoms with Crippen molar-refractivity contribution in [2.45, 2.75) is 58.0 Å². The van der Waals surface area contributed by atoms with Crippen LogP contribution < -0.4 is 5.32 Å². The summed E-state index contributed by atoms with van der Waals surface area (Å²) in [6, 6.07) is -0.942. The Kier molecular flexibility index (Phi) is 5.08. The predicted molar refractivity (Wildman–Crippen MR) is 81.9 cm³/mol. The summed E-state index contributed by atoms with van der Waals surface area (Å²) in [4.78, 5) is 34.1. The van der Waals surface area contributed by atoms with Crippen LogP contribution in [0.3, 0.4) is 0 Å². The third-order valence-corrected chi connectivity index (χ3v) is 9.26. The van der Waals surface area contributed by atoms with Gasteiger partial charge in [-0.1, -0.05) is 20.8 Å². The maximum absolute atomic E-state index is 11.8. The zero-order chi connectivity index (χ0) is 17.5. The van der Waals surface area contributed by atoms with E-state index in [1.54, 1.807) is 6.92 Å². The minimum atomic E-state index is -2.14. The van der Waals surface area contributed by atoms with Gasteiger partial charge in [0.15, 0.2) is 14.2 Å². The molecule has 126 valence electrons. The monoisotopic (exact) mass is 331 g/mol. The van der Waals surface area contributed by atoms with Gasteiger partial charge in [0.25, 0.3) is 0 Å². The number of aliphatic carboxylic acids is 2. The minimum Gasteiger partial charge on any atom is -0.481 e. The average Bonchev–Trinajstić information content (AvgIpc) is 2.23. The second kappa shape index (κ2) is 6.00. The second-order valence-corrected chi connectivity index (χ2v) is 12.1. The van der Waals surface area contributed by atoms with Crippen molar-refractivity contribution in [2.75, 3.05) is 0 Å². The van der Waals surface area contributed by atoms with Gasteiger partial charge in [-0.25, -0.2) is 0 Å². The molecule has 8 heteroatoms. The third kappa shape index (κ3) is 3.49. The molecule has 3 N–H and O–H groups in total. The maximum Gasteiger partial charge on any atom is 0.320 e. The Balaban J connectivity index is 2.92. The van der Waals surface area contributed by atoms with Crippen molar-refractivity contribution in [2.24, 2.45) is 11.8 Å². The molecule has 0 aromatic rings. The second-order valence-electron chi connectivity index (χ2n) is 7.30. The molecular weight excluding hydrogens is 306 g/mol. The molecule has 22 heavy (non-hydrogen) atoms. The zero-order valence-electron chi connectivity index (χ0n) is 13.8. The summed E-state index contributed by atoms with van der Waals surface area (Å²) >= 11 is 0. The molecule has 7 nitrogen and oxygen atoms in total. The van der Waals surface area contributed by atoms with Gasteiger partial charge in [0.2, 0.25) is 5.91 Å². The molecule has 0 aromatic carbocycles.